The first-order valence-corrected chi connectivity index (χ1v) is 16.9. The number of phenolic OH excluding ortho intramolecular Hbond substituents is 1. The number of carbonyl (C=O) groups excluding carboxylic acids is 2. The summed E-state index contributed by atoms with van der Waals surface area (Å²) in [6, 6.07) is 28.7. The molecule has 2 amide bonds. The summed E-state index contributed by atoms with van der Waals surface area (Å²) in [5.74, 6) is -0.210. The Morgan fingerprint density at radius 1 is 0.880 bits per heavy atom. The highest BCUT2D eigenvalue weighted by Gasteiger charge is 2.33. The van der Waals surface area contributed by atoms with Gasteiger partial charge in [-0.3, -0.25) is 9.59 Å². The maximum Gasteiger partial charge on any atom is 0.224 e. The third-order valence-corrected chi connectivity index (χ3v) is 8.60. The van der Waals surface area contributed by atoms with E-state index in [0.29, 0.717) is 55.0 Å². The summed E-state index contributed by atoms with van der Waals surface area (Å²) < 4.78 is 13.0. The van der Waals surface area contributed by atoms with Gasteiger partial charge in [-0.1, -0.05) is 60.7 Å². The molecule has 50 heavy (non-hydrogen) atoms. The Morgan fingerprint density at radius 2 is 1.60 bits per heavy atom. The number of nitrogens with two attached hydrogens (primary N) is 1. The first-order valence-electron chi connectivity index (χ1n) is 16.9. The van der Waals surface area contributed by atoms with Crippen molar-refractivity contribution in [3.8, 4) is 5.75 Å². The lowest BCUT2D eigenvalue weighted by Crippen LogP contribution is -2.39. The summed E-state index contributed by atoms with van der Waals surface area (Å²) >= 11 is 0. The van der Waals surface area contributed by atoms with E-state index in [1.165, 1.54) is 0 Å². The molecular formula is C39H46N4O7. The van der Waals surface area contributed by atoms with Gasteiger partial charge in [0.25, 0.3) is 0 Å². The van der Waals surface area contributed by atoms with Gasteiger partial charge in [0.05, 0.1) is 36.3 Å². The standard InChI is InChI=1S/C39H46N4O7/c1-43(24-35(46)28-8-7-11-31(45)21-28)23-32-22-36(27-18-16-26(25-44)17-19-27)50-39(49-32)29-9-6-10-30(20-29)41-37(47)14-4-5-15-38(48)42-34-13-3-2-12-33(34)40/h2-3,6-13,16-21,32,35-36,39,44-46H,4-5,14-15,22-25,40H2,1H3,(H,41,47)(H,42,48). The van der Waals surface area contributed by atoms with Crippen LogP contribution in [0.4, 0.5) is 17.1 Å². The summed E-state index contributed by atoms with van der Waals surface area (Å²) in [6.07, 6.45) is 0.121. The second-order valence-corrected chi connectivity index (χ2v) is 12.7. The Morgan fingerprint density at radius 3 is 2.32 bits per heavy atom. The number of nitrogen functional groups attached to an aromatic ring is 1. The Balaban J connectivity index is 1.19. The first-order chi connectivity index (χ1) is 24.2. The summed E-state index contributed by atoms with van der Waals surface area (Å²) in [4.78, 5) is 27.1. The third-order valence-electron chi connectivity index (χ3n) is 8.60. The van der Waals surface area contributed by atoms with Crippen LogP contribution >= 0.6 is 0 Å². The van der Waals surface area contributed by atoms with Crippen molar-refractivity contribution in [3.05, 3.63) is 119 Å². The second kappa shape index (κ2) is 17.7. The smallest absolute Gasteiger partial charge is 0.224 e. The predicted molar refractivity (Wildman–Crippen MR) is 192 cm³/mol. The van der Waals surface area contributed by atoms with E-state index in [-0.39, 0.29) is 49.2 Å². The number of rotatable bonds is 15. The van der Waals surface area contributed by atoms with Gasteiger partial charge in [-0.25, -0.2) is 0 Å². The van der Waals surface area contributed by atoms with Crippen molar-refractivity contribution in [2.24, 2.45) is 0 Å². The minimum atomic E-state index is -0.796. The van der Waals surface area contributed by atoms with Crippen molar-refractivity contribution in [1.82, 2.24) is 4.90 Å². The monoisotopic (exact) mass is 682 g/mol. The van der Waals surface area contributed by atoms with E-state index in [2.05, 4.69) is 10.6 Å². The van der Waals surface area contributed by atoms with Gasteiger partial charge in [0.15, 0.2) is 6.29 Å². The summed E-state index contributed by atoms with van der Waals surface area (Å²) in [7, 11) is 1.91. The van der Waals surface area contributed by atoms with Crippen LogP contribution in [-0.2, 0) is 25.7 Å². The van der Waals surface area contributed by atoms with Crippen molar-refractivity contribution < 1.29 is 34.4 Å². The molecule has 4 atom stereocenters. The number of likely N-dealkylation sites (N-methyl/N-ethyl adjacent to an activating group) is 1. The fourth-order valence-corrected chi connectivity index (χ4v) is 5.97. The highest BCUT2D eigenvalue weighted by Crippen LogP contribution is 2.39. The van der Waals surface area contributed by atoms with Gasteiger partial charge < -0.3 is 46.1 Å². The lowest BCUT2D eigenvalue weighted by molar-refractivity contribution is -0.252. The zero-order chi connectivity index (χ0) is 35.5. The van der Waals surface area contributed by atoms with Crippen molar-refractivity contribution in [2.45, 2.75) is 63.3 Å². The van der Waals surface area contributed by atoms with E-state index in [9.17, 15) is 24.9 Å². The summed E-state index contributed by atoms with van der Waals surface area (Å²) in [5, 5.41) is 35.9. The Kier molecular flexibility index (Phi) is 13.0. The lowest BCUT2D eigenvalue weighted by Gasteiger charge is -2.38. The quantitative estimate of drug-likeness (QED) is 0.0670. The van der Waals surface area contributed by atoms with Crippen molar-refractivity contribution in [3.63, 3.8) is 0 Å². The summed E-state index contributed by atoms with van der Waals surface area (Å²) in [6.45, 7) is 0.789. The number of benzene rings is 4. The largest absolute Gasteiger partial charge is 0.508 e. The number of aliphatic hydroxyl groups excluding tert-OH is 2. The van der Waals surface area contributed by atoms with Crippen LogP contribution in [0.2, 0.25) is 0 Å². The number of anilines is 3. The number of unbranched alkanes of at least 4 members (excludes halogenated alkanes) is 1. The number of nitrogens with one attached hydrogen (secondary N) is 2. The van der Waals surface area contributed by atoms with E-state index in [4.69, 9.17) is 15.2 Å². The molecule has 4 unspecified atom stereocenters. The van der Waals surface area contributed by atoms with Gasteiger partial charge >= 0.3 is 0 Å². The minimum Gasteiger partial charge on any atom is -0.508 e. The number of para-hydroxylation sites is 2. The van der Waals surface area contributed by atoms with Gasteiger partial charge in [0.2, 0.25) is 11.8 Å². The van der Waals surface area contributed by atoms with Crippen molar-refractivity contribution >= 4 is 28.9 Å². The average molecular weight is 683 g/mol. The fraction of sp³-hybridized carbons (Fsp3) is 0.333. The number of amides is 2. The van der Waals surface area contributed by atoms with Gasteiger partial charge in [-0.15, -0.1) is 0 Å². The Bertz CT molecular complexity index is 1720. The molecule has 0 spiro atoms. The molecule has 4 aromatic carbocycles. The maximum atomic E-state index is 12.8. The van der Waals surface area contributed by atoms with Crippen LogP contribution in [0.3, 0.4) is 0 Å². The molecule has 4 aromatic rings. The molecule has 11 heteroatoms. The molecule has 7 N–H and O–H groups in total. The molecule has 1 aliphatic rings. The van der Waals surface area contributed by atoms with Crippen LogP contribution in [0, 0.1) is 0 Å². The third kappa shape index (κ3) is 10.6. The zero-order valence-electron chi connectivity index (χ0n) is 28.2. The van der Waals surface area contributed by atoms with E-state index < -0.39 is 12.4 Å². The van der Waals surface area contributed by atoms with Gasteiger partial charge in [-0.05, 0) is 73.0 Å². The zero-order valence-corrected chi connectivity index (χ0v) is 28.2. The molecule has 1 fully saturated rings. The number of phenols is 1. The molecular weight excluding hydrogens is 636 g/mol. The van der Waals surface area contributed by atoms with Crippen LogP contribution in [-0.4, -0.2) is 58.3 Å². The molecule has 0 aromatic heterocycles. The highest BCUT2D eigenvalue weighted by atomic mass is 16.7. The molecule has 1 heterocycles. The molecule has 0 bridgehead atoms. The highest BCUT2D eigenvalue weighted by molar-refractivity contribution is 5.94. The first kappa shape index (κ1) is 36.5. The van der Waals surface area contributed by atoms with Crippen molar-refractivity contribution in [1.29, 1.82) is 0 Å². The van der Waals surface area contributed by atoms with Crippen LogP contribution in [0.15, 0.2) is 97.1 Å². The Hall–Kier alpha value is -4.78. The number of hydrogen-bond donors (Lipinski definition) is 6. The van der Waals surface area contributed by atoms with E-state index in [0.717, 1.165) is 16.7 Å². The van der Waals surface area contributed by atoms with Crippen LogP contribution in [0.25, 0.3) is 0 Å². The fourth-order valence-electron chi connectivity index (χ4n) is 5.97. The van der Waals surface area contributed by atoms with E-state index >= 15 is 0 Å². The van der Waals surface area contributed by atoms with Crippen LogP contribution in [0.5, 0.6) is 5.75 Å². The number of hydrogen-bond acceptors (Lipinski definition) is 9. The number of carbonyl (C=O) groups is 2. The van der Waals surface area contributed by atoms with Gasteiger partial charge in [0.1, 0.15) is 5.75 Å². The van der Waals surface area contributed by atoms with Crippen LogP contribution in [0.1, 0.15) is 72.9 Å². The Labute approximate surface area is 292 Å². The van der Waals surface area contributed by atoms with E-state index in [1.54, 1.807) is 54.6 Å². The average Bonchev–Trinajstić information content (AvgIpc) is 3.11. The summed E-state index contributed by atoms with van der Waals surface area (Å²) in [5.41, 5.74) is 10.7. The topological polar surface area (TPSA) is 167 Å². The predicted octanol–water partition coefficient (Wildman–Crippen LogP) is 5.82. The second-order valence-electron chi connectivity index (χ2n) is 12.7. The molecule has 0 aliphatic carbocycles. The minimum absolute atomic E-state index is 0.0515. The SMILES string of the molecule is CN(CC1CC(c2ccc(CO)cc2)OC(c2cccc(NC(=O)CCCCC(=O)Nc3ccccc3N)c2)O1)CC(O)c1cccc(O)c1. The molecule has 1 saturated heterocycles. The number of ether oxygens (including phenoxy) is 2. The maximum absolute atomic E-state index is 12.8. The molecule has 0 saturated carbocycles. The van der Waals surface area contributed by atoms with E-state index in [1.807, 2.05) is 54.4 Å². The molecule has 1 aliphatic heterocycles. The van der Waals surface area contributed by atoms with Gasteiger partial charge in [-0.2, -0.15) is 0 Å². The number of nitrogens with zero attached hydrogens (tertiary/aromatic N) is 1. The van der Waals surface area contributed by atoms with Gasteiger partial charge in [0, 0.05) is 43.6 Å². The molecule has 264 valence electrons. The number of aliphatic hydroxyl groups is 2. The van der Waals surface area contributed by atoms with Crippen LogP contribution < -0.4 is 16.4 Å². The normalized spacial score (nSPS) is 18.0. The molecule has 0 radical (unpaired) electrons. The molecule has 5 rings (SSSR count). The number of aromatic hydroxyl groups is 1. The molecule has 11 nitrogen and oxygen atoms in total. The van der Waals surface area contributed by atoms with Crippen molar-refractivity contribution in [2.75, 3.05) is 36.5 Å². The lowest BCUT2D eigenvalue weighted by atomic mass is 9.99.